The number of carbonyl (C=O) groups excluding carboxylic acids is 3. The highest BCUT2D eigenvalue weighted by atomic mass is 19.1. The summed E-state index contributed by atoms with van der Waals surface area (Å²) in [6.45, 7) is -0.0282. The summed E-state index contributed by atoms with van der Waals surface area (Å²) < 4.78 is 26.5. The molecule has 4 rings (SSSR count). The van der Waals surface area contributed by atoms with E-state index >= 15 is 0 Å². The fraction of sp³-hybridized carbons (Fsp3) is 0.125. The Labute approximate surface area is 183 Å². The summed E-state index contributed by atoms with van der Waals surface area (Å²) in [5, 5.41) is 2.63. The number of carbonyl (C=O) groups is 3. The molecular weight excluding hydrogens is 416 g/mol. The third kappa shape index (κ3) is 4.49. The van der Waals surface area contributed by atoms with Gasteiger partial charge < -0.3 is 10.2 Å². The zero-order valence-electron chi connectivity index (χ0n) is 16.9. The molecule has 1 N–H and O–H groups in total. The number of hydrogen-bond acceptors (Lipinski definition) is 3. The van der Waals surface area contributed by atoms with Crippen LogP contribution in [-0.2, 0) is 16.1 Å². The molecule has 1 saturated heterocycles. The minimum atomic E-state index is -1.05. The second-order valence-corrected chi connectivity index (χ2v) is 7.31. The van der Waals surface area contributed by atoms with Gasteiger partial charge in [0.1, 0.15) is 17.7 Å². The molecule has 4 amide bonds. The summed E-state index contributed by atoms with van der Waals surface area (Å²) in [6.07, 6.45) is -0.189. The summed E-state index contributed by atoms with van der Waals surface area (Å²) in [4.78, 5) is 41.3. The second-order valence-electron chi connectivity index (χ2n) is 7.31. The molecule has 0 aromatic heterocycles. The van der Waals surface area contributed by atoms with Gasteiger partial charge in [-0.2, -0.15) is 0 Å². The smallest absolute Gasteiger partial charge is 0.308 e. The number of para-hydroxylation sites is 1. The average Bonchev–Trinajstić information content (AvgIpc) is 3.09. The lowest BCUT2D eigenvalue weighted by molar-refractivity contribution is -0.122. The van der Waals surface area contributed by atoms with Gasteiger partial charge in [0.05, 0.1) is 12.1 Å². The lowest BCUT2D eigenvalue weighted by atomic mass is 10.1. The van der Waals surface area contributed by atoms with Crippen LogP contribution >= 0.6 is 0 Å². The van der Waals surface area contributed by atoms with Gasteiger partial charge in [0.25, 0.3) is 5.91 Å². The number of imide groups is 1. The Bertz CT molecular complexity index is 1140. The molecule has 162 valence electrons. The second kappa shape index (κ2) is 8.97. The Balaban J connectivity index is 1.62. The zero-order chi connectivity index (χ0) is 22.7. The number of benzene rings is 3. The summed E-state index contributed by atoms with van der Waals surface area (Å²) in [5.41, 5.74) is 1.34. The maximum atomic E-state index is 13.3. The van der Waals surface area contributed by atoms with Crippen LogP contribution in [0.5, 0.6) is 0 Å². The van der Waals surface area contributed by atoms with Crippen LogP contribution in [0.2, 0.25) is 0 Å². The van der Waals surface area contributed by atoms with Crippen LogP contribution in [0.1, 0.15) is 12.0 Å². The van der Waals surface area contributed by atoms with Crippen molar-refractivity contribution in [1.29, 1.82) is 0 Å². The molecule has 1 fully saturated rings. The van der Waals surface area contributed by atoms with Crippen molar-refractivity contribution in [3.63, 3.8) is 0 Å². The highest BCUT2D eigenvalue weighted by Gasteiger charge is 2.44. The first-order valence-corrected chi connectivity index (χ1v) is 9.92. The maximum Gasteiger partial charge on any atom is 0.322 e. The number of halogens is 2. The van der Waals surface area contributed by atoms with Gasteiger partial charge in [0, 0.05) is 12.2 Å². The number of anilines is 2. The van der Waals surface area contributed by atoms with Crippen LogP contribution in [0.25, 0.3) is 0 Å². The van der Waals surface area contributed by atoms with Gasteiger partial charge in [-0.1, -0.05) is 30.3 Å². The van der Waals surface area contributed by atoms with Crippen LogP contribution in [0.15, 0.2) is 78.9 Å². The molecule has 0 saturated carbocycles. The van der Waals surface area contributed by atoms with Crippen molar-refractivity contribution in [1.82, 2.24) is 4.90 Å². The lowest BCUT2D eigenvalue weighted by Crippen LogP contribution is -2.46. The summed E-state index contributed by atoms with van der Waals surface area (Å²) in [5.74, 6) is -1.85. The molecule has 1 unspecified atom stereocenters. The summed E-state index contributed by atoms with van der Waals surface area (Å²) >= 11 is 0. The largest absolute Gasteiger partial charge is 0.322 e. The number of nitrogens with zero attached hydrogens (tertiary/aromatic N) is 2. The Morgan fingerprint density at radius 3 is 2.12 bits per heavy atom. The van der Waals surface area contributed by atoms with Crippen LogP contribution in [-0.4, -0.2) is 28.8 Å². The van der Waals surface area contributed by atoms with E-state index in [1.165, 1.54) is 53.4 Å². The Morgan fingerprint density at radius 2 is 1.50 bits per heavy atom. The number of nitrogens with one attached hydrogen (secondary N) is 1. The Kier molecular flexibility index (Phi) is 5.93. The van der Waals surface area contributed by atoms with Crippen molar-refractivity contribution in [2.24, 2.45) is 0 Å². The van der Waals surface area contributed by atoms with Gasteiger partial charge >= 0.3 is 6.03 Å². The van der Waals surface area contributed by atoms with Crippen molar-refractivity contribution < 1.29 is 23.2 Å². The van der Waals surface area contributed by atoms with Gasteiger partial charge in [-0.05, 0) is 54.1 Å². The van der Waals surface area contributed by atoms with Crippen LogP contribution in [0, 0.1) is 11.6 Å². The minimum Gasteiger partial charge on any atom is -0.308 e. The first-order valence-electron chi connectivity index (χ1n) is 9.92. The number of hydrogen-bond donors (Lipinski definition) is 1. The monoisotopic (exact) mass is 435 g/mol. The zero-order valence-corrected chi connectivity index (χ0v) is 16.9. The van der Waals surface area contributed by atoms with Gasteiger partial charge in [0.2, 0.25) is 5.91 Å². The molecule has 1 aliphatic heterocycles. The van der Waals surface area contributed by atoms with E-state index < -0.39 is 35.5 Å². The van der Waals surface area contributed by atoms with E-state index in [4.69, 9.17) is 0 Å². The van der Waals surface area contributed by atoms with Gasteiger partial charge in [-0.15, -0.1) is 0 Å². The molecule has 32 heavy (non-hydrogen) atoms. The SMILES string of the molecule is O=C1CC(N(Cc2ccc(F)cc2)C(=O)Nc2ccc(F)cc2)C(=O)N1c1ccccc1. The van der Waals surface area contributed by atoms with Gasteiger partial charge in [-0.3, -0.25) is 9.59 Å². The van der Waals surface area contributed by atoms with Crippen molar-refractivity contribution in [2.45, 2.75) is 19.0 Å². The van der Waals surface area contributed by atoms with Gasteiger partial charge in [-0.25, -0.2) is 18.5 Å². The molecule has 3 aromatic carbocycles. The maximum absolute atomic E-state index is 13.3. The van der Waals surface area contributed by atoms with E-state index in [0.29, 0.717) is 16.9 Å². The van der Waals surface area contributed by atoms with E-state index in [1.807, 2.05) is 0 Å². The normalized spacial score (nSPS) is 15.7. The topological polar surface area (TPSA) is 69.7 Å². The molecular formula is C24H19F2N3O3. The van der Waals surface area contributed by atoms with Gasteiger partial charge in [0.15, 0.2) is 0 Å². The first-order chi connectivity index (χ1) is 15.4. The van der Waals surface area contributed by atoms with E-state index in [1.54, 1.807) is 30.3 Å². The lowest BCUT2D eigenvalue weighted by Gasteiger charge is -2.28. The molecule has 8 heteroatoms. The molecule has 0 bridgehead atoms. The third-order valence-electron chi connectivity index (χ3n) is 5.14. The number of rotatable bonds is 5. The molecule has 1 aliphatic rings. The Hall–Kier alpha value is -4.07. The molecule has 0 aliphatic carbocycles. The highest BCUT2D eigenvalue weighted by Crippen LogP contribution is 2.27. The third-order valence-corrected chi connectivity index (χ3v) is 5.14. The average molecular weight is 435 g/mol. The fourth-order valence-electron chi connectivity index (χ4n) is 3.55. The van der Waals surface area contributed by atoms with E-state index in [0.717, 1.165) is 4.90 Å². The molecule has 0 radical (unpaired) electrons. The summed E-state index contributed by atoms with van der Waals surface area (Å²) in [7, 11) is 0. The van der Waals surface area contributed by atoms with E-state index in [-0.39, 0.29) is 13.0 Å². The van der Waals surface area contributed by atoms with Crippen molar-refractivity contribution in [3.05, 3.63) is 96.1 Å². The number of amides is 4. The summed E-state index contributed by atoms with van der Waals surface area (Å²) in [6, 6.07) is 17.5. The highest BCUT2D eigenvalue weighted by molar-refractivity contribution is 6.23. The predicted molar refractivity (Wildman–Crippen MR) is 115 cm³/mol. The van der Waals surface area contributed by atoms with E-state index in [9.17, 15) is 23.2 Å². The van der Waals surface area contributed by atoms with Crippen molar-refractivity contribution in [2.75, 3.05) is 10.2 Å². The molecule has 0 spiro atoms. The first kappa shape index (κ1) is 21.2. The fourth-order valence-corrected chi connectivity index (χ4v) is 3.55. The van der Waals surface area contributed by atoms with Crippen LogP contribution in [0.3, 0.4) is 0 Å². The quantitative estimate of drug-likeness (QED) is 0.607. The van der Waals surface area contributed by atoms with Crippen LogP contribution in [0.4, 0.5) is 25.0 Å². The van der Waals surface area contributed by atoms with Crippen LogP contribution < -0.4 is 10.2 Å². The molecule has 3 aromatic rings. The van der Waals surface area contributed by atoms with Crippen molar-refractivity contribution >= 4 is 29.2 Å². The molecule has 1 atom stereocenters. The van der Waals surface area contributed by atoms with E-state index in [2.05, 4.69) is 5.32 Å². The van der Waals surface area contributed by atoms with Crippen molar-refractivity contribution in [3.8, 4) is 0 Å². The molecule has 1 heterocycles. The standard InChI is InChI=1S/C24H19F2N3O3/c25-17-8-6-16(7-9-17)15-28(24(32)27-19-12-10-18(26)11-13-19)21-14-22(30)29(23(21)31)20-4-2-1-3-5-20/h1-13,21H,14-15H2,(H,27,32). The Morgan fingerprint density at radius 1 is 0.906 bits per heavy atom. The minimum absolute atomic E-state index is 0.0282. The number of urea groups is 1. The molecule has 6 nitrogen and oxygen atoms in total. The predicted octanol–water partition coefficient (Wildman–Crippen LogP) is 4.33.